The SMILES string of the molecule is COc1ccc(NC(=O)c2ccc(CSc3nnc(-c4ccc([N+](=O)[O-])cc4)n3-c3ccc(F)cc3)cc2)cc1. The van der Waals surface area contributed by atoms with Gasteiger partial charge in [0.15, 0.2) is 11.0 Å². The number of non-ortho nitro benzene ring substituents is 1. The number of halogens is 1. The van der Waals surface area contributed by atoms with Crippen molar-refractivity contribution in [2.75, 3.05) is 12.4 Å². The summed E-state index contributed by atoms with van der Waals surface area (Å²) < 4.78 is 20.6. The summed E-state index contributed by atoms with van der Waals surface area (Å²) in [5.74, 6) is 1.09. The van der Waals surface area contributed by atoms with Crippen LogP contribution in [0.3, 0.4) is 0 Å². The van der Waals surface area contributed by atoms with Gasteiger partial charge in [0.25, 0.3) is 11.6 Å². The van der Waals surface area contributed by atoms with Crippen molar-refractivity contribution in [3.8, 4) is 22.8 Å². The number of nitrogens with zero attached hydrogens (tertiary/aromatic N) is 4. The molecule has 0 aliphatic carbocycles. The topological polar surface area (TPSA) is 112 Å². The number of methoxy groups -OCH3 is 1. The molecule has 5 rings (SSSR count). The number of carbonyl (C=O) groups is 1. The maximum Gasteiger partial charge on any atom is 0.269 e. The van der Waals surface area contributed by atoms with E-state index in [2.05, 4.69) is 15.5 Å². The molecule has 1 heterocycles. The lowest BCUT2D eigenvalue weighted by Gasteiger charge is -2.11. The highest BCUT2D eigenvalue weighted by molar-refractivity contribution is 7.98. The van der Waals surface area contributed by atoms with Gasteiger partial charge < -0.3 is 10.1 Å². The molecule has 0 unspecified atom stereocenters. The van der Waals surface area contributed by atoms with Crippen molar-refractivity contribution in [2.24, 2.45) is 0 Å². The Balaban J connectivity index is 1.33. The Morgan fingerprint density at radius 1 is 0.950 bits per heavy atom. The summed E-state index contributed by atoms with van der Waals surface area (Å²) in [4.78, 5) is 23.2. The molecule has 0 fully saturated rings. The van der Waals surface area contributed by atoms with E-state index in [1.165, 1.54) is 36.0 Å². The minimum atomic E-state index is -0.469. The largest absolute Gasteiger partial charge is 0.497 e. The Kier molecular flexibility index (Phi) is 7.83. The van der Waals surface area contributed by atoms with Crippen LogP contribution in [0.4, 0.5) is 15.8 Å². The van der Waals surface area contributed by atoms with Crippen LogP contribution in [0.2, 0.25) is 0 Å². The third kappa shape index (κ3) is 6.00. The van der Waals surface area contributed by atoms with E-state index < -0.39 is 4.92 Å². The normalized spacial score (nSPS) is 10.8. The Labute approximate surface area is 232 Å². The molecule has 1 N–H and O–H groups in total. The number of hydrogen-bond donors (Lipinski definition) is 1. The minimum Gasteiger partial charge on any atom is -0.497 e. The molecule has 1 aromatic heterocycles. The maximum atomic E-state index is 13.6. The number of nitro benzene ring substituents is 1. The van der Waals surface area contributed by atoms with Gasteiger partial charge in [0, 0.05) is 40.4 Å². The van der Waals surface area contributed by atoms with Gasteiger partial charge in [-0.25, -0.2) is 4.39 Å². The summed E-state index contributed by atoms with van der Waals surface area (Å²) >= 11 is 1.42. The van der Waals surface area contributed by atoms with Crippen LogP contribution in [0.5, 0.6) is 5.75 Å². The number of hydrogen-bond acceptors (Lipinski definition) is 7. The van der Waals surface area contributed by atoms with Crippen molar-refractivity contribution in [3.63, 3.8) is 0 Å². The number of amides is 1. The van der Waals surface area contributed by atoms with Crippen LogP contribution in [-0.4, -0.2) is 32.7 Å². The number of rotatable bonds is 9. The van der Waals surface area contributed by atoms with Crippen LogP contribution in [0.1, 0.15) is 15.9 Å². The number of ether oxygens (including phenoxy) is 1. The van der Waals surface area contributed by atoms with Gasteiger partial charge in [0.2, 0.25) is 0 Å². The number of nitrogens with one attached hydrogen (secondary N) is 1. The van der Waals surface area contributed by atoms with Gasteiger partial charge in [0.1, 0.15) is 11.6 Å². The third-order valence-corrected chi connectivity index (χ3v) is 6.99. The van der Waals surface area contributed by atoms with Gasteiger partial charge in [0.05, 0.1) is 12.0 Å². The van der Waals surface area contributed by atoms with E-state index in [9.17, 15) is 19.3 Å². The molecular formula is C29H22FN5O4S. The fourth-order valence-electron chi connectivity index (χ4n) is 3.88. The highest BCUT2D eigenvalue weighted by atomic mass is 32.2. The number of aromatic nitrogens is 3. The Bertz CT molecular complexity index is 1640. The Morgan fingerprint density at radius 2 is 1.62 bits per heavy atom. The van der Waals surface area contributed by atoms with E-state index in [0.29, 0.717) is 45.0 Å². The zero-order valence-corrected chi connectivity index (χ0v) is 22.0. The first-order valence-electron chi connectivity index (χ1n) is 12.0. The molecule has 40 heavy (non-hydrogen) atoms. The Hall–Kier alpha value is -5.03. The molecule has 0 aliphatic rings. The van der Waals surface area contributed by atoms with Gasteiger partial charge in [-0.1, -0.05) is 23.9 Å². The lowest BCUT2D eigenvalue weighted by Crippen LogP contribution is -2.11. The molecular weight excluding hydrogens is 533 g/mol. The van der Waals surface area contributed by atoms with Crippen LogP contribution >= 0.6 is 11.8 Å². The van der Waals surface area contributed by atoms with Gasteiger partial charge in [-0.05, 0) is 78.4 Å². The lowest BCUT2D eigenvalue weighted by molar-refractivity contribution is -0.384. The van der Waals surface area contributed by atoms with E-state index >= 15 is 0 Å². The molecule has 0 atom stereocenters. The molecule has 0 spiro atoms. The van der Waals surface area contributed by atoms with E-state index in [4.69, 9.17) is 4.74 Å². The van der Waals surface area contributed by atoms with Crippen molar-refractivity contribution in [1.29, 1.82) is 0 Å². The van der Waals surface area contributed by atoms with E-state index in [1.54, 1.807) is 72.3 Å². The predicted octanol–water partition coefficient (Wildman–Crippen LogP) is 6.53. The van der Waals surface area contributed by atoms with Crippen LogP contribution in [-0.2, 0) is 5.75 Å². The zero-order chi connectivity index (χ0) is 28.1. The predicted molar refractivity (Wildman–Crippen MR) is 150 cm³/mol. The number of benzene rings is 4. The summed E-state index contributed by atoms with van der Waals surface area (Å²) in [6.07, 6.45) is 0. The van der Waals surface area contributed by atoms with E-state index in [-0.39, 0.29) is 17.4 Å². The molecule has 9 nitrogen and oxygen atoms in total. The first kappa shape index (κ1) is 26.6. The van der Waals surface area contributed by atoms with Crippen molar-refractivity contribution in [2.45, 2.75) is 10.9 Å². The molecule has 0 saturated heterocycles. The van der Waals surface area contributed by atoms with Crippen molar-refractivity contribution in [3.05, 3.63) is 124 Å². The summed E-state index contributed by atoms with van der Waals surface area (Å²) in [5.41, 5.74) is 3.37. The van der Waals surface area contributed by atoms with Crippen LogP contribution in [0, 0.1) is 15.9 Å². The monoisotopic (exact) mass is 555 g/mol. The number of thioether (sulfide) groups is 1. The Morgan fingerprint density at radius 3 is 2.25 bits per heavy atom. The minimum absolute atomic E-state index is 0.0349. The van der Waals surface area contributed by atoms with Crippen molar-refractivity contribution >= 4 is 29.0 Å². The molecule has 4 aromatic carbocycles. The fourth-order valence-corrected chi connectivity index (χ4v) is 4.79. The number of anilines is 1. The first-order valence-corrected chi connectivity index (χ1v) is 13.0. The molecule has 0 radical (unpaired) electrons. The number of nitro groups is 1. The summed E-state index contributed by atoms with van der Waals surface area (Å²) in [5, 5.41) is 23.2. The number of carbonyl (C=O) groups excluding carboxylic acids is 1. The van der Waals surface area contributed by atoms with Gasteiger partial charge in [-0.2, -0.15) is 0 Å². The van der Waals surface area contributed by atoms with Crippen molar-refractivity contribution in [1.82, 2.24) is 14.8 Å². The lowest BCUT2D eigenvalue weighted by atomic mass is 10.1. The molecule has 5 aromatic rings. The summed E-state index contributed by atoms with van der Waals surface area (Å²) in [6, 6.07) is 26.3. The summed E-state index contributed by atoms with van der Waals surface area (Å²) in [6.45, 7) is 0. The second kappa shape index (κ2) is 11.8. The van der Waals surface area contributed by atoms with Crippen LogP contribution in [0.25, 0.3) is 17.1 Å². The van der Waals surface area contributed by atoms with Crippen LogP contribution < -0.4 is 10.1 Å². The standard InChI is InChI=1S/C29H22FN5O4S/c1-39-26-16-10-23(11-17-26)31-28(36)21-4-2-19(3-5-21)18-40-29-33-32-27(20-6-12-25(13-7-20)35(37)38)34(29)24-14-8-22(30)9-15-24/h2-17H,18H2,1H3,(H,31,36). The molecule has 0 bridgehead atoms. The maximum absolute atomic E-state index is 13.6. The molecule has 200 valence electrons. The zero-order valence-electron chi connectivity index (χ0n) is 21.2. The fraction of sp³-hybridized carbons (Fsp3) is 0.0690. The smallest absolute Gasteiger partial charge is 0.269 e. The van der Waals surface area contributed by atoms with Gasteiger partial charge in [-0.15, -0.1) is 10.2 Å². The second-order valence-corrected chi connectivity index (χ2v) is 9.53. The van der Waals surface area contributed by atoms with Crippen molar-refractivity contribution < 1.29 is 18.8 Å². The molecule has 0 saturated carbocycles. The highest BCUT2D eigenvalue weighted by Gasteiger charge is 2.18. The average Bonchev–Trinajstić information content (AvgIpc) is 3.41. The van der Waals surface area contributed by atoms with Gasteiger partial charge in [-0.3, -0.25) is 19.5 Å². The second-order valence-electron chi connectivity index (χ2n) is 8.59. The first-order chi connectivity index (χ1) is 19.4. The summed E-state index contributed by atoms with van der Waals surface area (Å²) in [7, 11) is 1.58. The highest BCUT2D eigenvalue weighted by Crippen LogP contribution is 2.31. The van der Waals surface area contributed by atoms with E-state index in [0.717, 1.165) is 5.56 Å². The molecule has 1 amide bonds. The molecule has 11 heteroatoms. The van der Waals surface area contributed by atoms with Gasteiger partial charge >= 0.3 is 0 Å². The molecule has 0 aliphatic heterocycles. The van der Waals surface area contributed by atoms with E-state index in [1.807, 2.05) is 12.1 Å². The van der Waals surface area contributed by atoms with Crippen LogP contribution in [0.15, 0.2) is 102 Å². The quantitative estimate of drug-likeness (QED) is 0.125. The third-order valence-electron chi connectivity index (χ3n) is 5.99. The average molecular weight is 556 g/mol.